The van der Waals surface area contributed by atoms with E-state index >= 15 is 0 Å². The summed E-state index contributed by atoms with van der Waals surface area (Å²) < 4.78 is 41.9. The number of phenolic OH excluding ortho intramolecular Hbond substituents is 1. The molecule has 1 aliphatic heterocycles. The zero-order chi connectivity index (χ0) is 20.3. The van der Waals surface area contributed by atoms with Gasteiger partial charge in [0.1, 0.15) is 17.6 Å². The van der Waals surface area contributed by atoms with Crippen molar-refractivity contribution in [3.63, 3.8) is 0 Å². The van der Waals surface area contributed by atoms with Crippen molar-refractivity contribution in [3.8, 4) is 17.6 Å². The molecule has 0 spiro atoms. The van der Waals surface area contributed by atoms with Crippen LogP contribution in [0.25, 0.3) is 0 Å². The number of benzene rings is 2. The van der Waals surface area contributed by atoms with Crippen molar-refractivity contribution in [2.75, 3.05) is 26.2 Å². The first-order valence-electron chi connectivity index (χ1n) is 8.52. The lowest BCUT2D eigenvalue weighted by molar-refractivity contribution is -0.274. The number of aromatic hydroxyl groups is 1. The molecule has 2 N–H and O–H groups in total. The second-order valence-corrected chi connectivity index (χ2v) is 7.13. The van der Waals surface area contributed by atoms with E-state index in [-0.39, 0.29) is 17.1 Å². The Hall–Kier alpha value is -2.28. The molecule has 5 nitrogen and oxygen atoms in total. The average Bonchev–Trinajstić information content (AvgIpc) is 2.66. The molecule has 0 aliphatic carbocycles. The molecule has 1 saturated heterocycles. The largest absolute Gasteiger partial charge is 0.573 e. The van der Waals surface area contributed by atoms with Gasteiger partial charge >= 0.3 is 6.36 Å². The molecule has 0 bridgehead atoms. The Balaban J connectivity index is 2.05. The molecule has 0 aromatic heterocycles. The summed E-state index contributed by atoms with van der Waals surface area (Å²) in [4.78, 5) is 2.11. The number of piperazine rings is 1. The fourth-order valence-electron chi connectivity index (χ4n) is 3.29. The van der Waals surface area contributed by atoms with Gasteiger partial charge in [0.25, 0.3) is 0 Å². The molecule has 2 aromatic carbocycles. The highest BCUT2D eigenvalue weighted by molar-refractivity contribution is 9.10. The molecule has 3 rings (SSSR count). The smallest absolute Gasteiger partial charge is 0.506 e. The monoisotopic (exact) mass is 455 g/mol. The molecule has 2 aromatic rings. The van der Waals surface area contributed by atoms with Crippen molar-refractivity contribution in [1.82, 2.24) is 10.2 Å². The minimum Gasteiger partial charge on any atom is -0.506 e. The average molecular weight is 456 g/mol. The van der Waals surface area contributed by atoms with Crippen LogP contribution in [0.3, 0.4) is 0 Å². The predicted molar refractivity (Wildman–Crippen MR) is 99.9 cm³/mol. The second-order valence-electron chi connectivity index (χ2n) is 6.27. The number of rotatable bonds is 4. The van der Waals surface area contributed by atoms with Gasteiger partial charge in [0.05, 0.1) is 11.6 Å². The molecule has 1 atom stereocenters. The standard InChI is InChI=1S/C19H17BrF3N3O2/c20-15-6-3-13(11-24)18(27)16(15)17(26-9-7-25-8-10-26)12-1-4-14(5-2-12)28-19(21,22)23/h1-6,17,25,27H,7-10H2/t17-/m1/s1. The van der Waals surface area contributed by atoms with Crippen molar-refractivity contribution >= 4 is 15.9 Å². The number of halogens is 4. The van der Waals surface area contributed by atoms with Crippen molar-refractivity contribution in [1.29, 1.82) is 5.26 Å². The Kier molecular flexibility index (Phi) is 6.13. The molecular weight excluding hydrogens is 439 g/mol. The minimum absolute atomic E-state index is 0.135. The van der Waals surface area contributed by atoms with E-state index in [0.717, 1.165) is 13.1 Å². The summed E-state index contributed by atoms with van der Waals surface area (Å²) in [5.74, 6) is -0.458. The van der Waals surface area contributed by atoms with Crippen LogP contribution >= 0.6 is 15.9 Å². The van der Waals surface area contributed by atoms with Gasteiger partial charge in [-0.05, 0) is 29.8 Å². The van der Waals surface area contributed by atoms with E-state index in [4.69, 9.17) is 0 Å². The summed E-state index contributed by atoms with van der Waals surface area (Å²) >= 11 is 3.44. The Bertz CT molecular complexity index is 876. The molecule has 1 aliphatic rings. The maximum Gasteiger partial charge on any atom is 0.573 e. The van der Waals surface area contributed by atoms with Crippen LogP contribution in [0.4, 0.5) is 13.2 Å². The Labute approximate surface area is 168 Å². The van der Waals surface area contributed by atoms with Gasteiger partial charge in [-0.15, -0.1) is 13.2 Å². The molecular formula is C19H17BrF3N3O2. The number of nitrogens with zero attached hydrogens (tertiary/aromatic N) is 2. The molecule has 0 radical (unpaired) electrons. The van der Waals surface area contributed by atoms with E-state index in [1.54, 1.807) is 18.2 Å². The van der Waals surface area contributed by atoms with Crippen LogP contribution in [0.15, 0.2) is 40.9 Å². The maximum atomic E-state index is 12.4. The highest BCUT2D eigenvalue weighted by Gasteiger charge is 2.32. The Morgan fingerprint density at radius 3 is 2.36 bits per heavy atom. The quantitative estimate of drug-likeness (QED) is 0.731. The van der Waals surface area contributed by atoms with Crippen LogP contribution in [0.1, 0.15) is 22.7 Å². The lowest BCUT2D eigenvalue weighted by Crippen LogP contribution is -2.45. The van der Waals surface area contributed by atoms with Gasteiger partial charge in [-0.1, -0.05) is 28.1 Å². The van der Waals surface area contributed by atoms with Crippen molar-refractivity contribution in [3.05, 3.63) is 57.6 Å². The van der Waals surface area contributed by atoms with Crippen LogP contribution in [0.5, 0.6) is 11.5 Å². The normalized spacial score (nSPS) is 16.4. The number of hydrogen-bond acceptors (Lipinski definition) is 5. The van der Waals surface area contributed by atoms with Gasteiger partial charge in [0.15, 0.2) is 0 Å². The van der Waals surface area contributed by atoms with Crippen LogP contribution in [-0.2, 0) is 0 Å². The summed E-state index contributed by atoms with van der Waals surface area (Å²) in [6, 6.07) is 10.3. The van der Waals surface area contributed by atoms with Gasteiger partial charge in [0, 0.05) is 36.2 Å². The van der Waals surface area contributed by atoms with Crippen LogP contribution in [0.2, 0.25) is 0 Å². The first-order valence-corrected chi connectivity index (χ1v) is 9.31. The van der Waals surface area contributed by atoms with Gasteiger partial charge in [-0.25, -0.2) is 0 Å². The van der Waals surface area contributed by atoms with Crippen LogP contribution in [-0.4, -0.2) is 42.5 Å². The Morgan fingerprint density at radius 2 is 1.79 bits per heavy atom. The highest BCUT2D eigenvalue weighted by atomic mass is 79.9. The molecule has 28 heavy (non-hydrogen) atoms. The number of nitrogens with one attached hydrogen (secondary N) is 1. The van der Waals surface area contributed by atoms with E-state index in [2.05, 4.69) is 30.9 Å². The summed E-state index contributed by atoms with van der Waals surface area (Å²) in [5.41, 5.74) is 1.32. The number of hydrogen-bond donors (Lipinski definition) is 2. The van der Waals surface area contributed by atoms with Gasteiger partial charge < -0.3 is 15.2 Å². The van der Waals surface area contributed by atoms with Gasteiger partial charge in [0.2, 0.25) is 0 Å². The van der Waals surface area contributed by atoms with E-state index in [1.807, 2.05) is 6.07 Å². The molecule has 0 unspecified atom stereocenters. The fourth-order valence-corrected chi connectivity index (χ4v) is 3.82. The van der Waals surface area contributed by atoms with E-state index in [9.17, 15) is 23.5 Å². The number of alkyl halides is 3. The number of ether oxygens (including phenoxy) is 1. The van der Waals surface area contributed by atoms with Crippen molar-refractivity contribution < 1.29 is 23.0 Å². The molecule has 1 heterocycles. The summed E-state index contributed by atoms with van der Waals surface area (Å²) in [6.45, 7) is 2.83. The molecule has 1 fully saturated rings. The van der Waals surface area contributed by atoms with E-state index < -0.39 is 12.4 Å². The third-order valence-electron chi connectivity index (χ3n) is 4.50. The lowest BCUT2D eigenvalue weighted by atomic mass is 9.94. The van der Waals surface area contributed by atoms with Gasteiger partial charge in [-0.2, -0.15) is 5.26 Å². The lowest BCUT2D eigenvalue weighted by Gasteiger charge is -2.36. The molecule has 0 saturated carbocycles. The molecule has 9 heteroatoms. The topological polar surface area (TPSA) is 68.5 Å². The summed E-state index contributed by atoms with van der Waals surface area (Å²) in [5, 5.41) is 23.2. The fraction of sp³-hybridized carbons (Fsp3) is 0.316. The second kappa shape index (κ2) is 8.39. The maximum absolute atomic E-state index is 12.4. The van der Waals surface area contributed by atoms with Crippen molar-refractivity contribution in [2.45, 2.75) is 12.4 Å². The van der Waals surface area contributed by atoms with Crippen LogP contribution < -0.4 is 10.1 Å². The van der Waals surface area contributed by atoms with Crippen molar-refractivity contribution in [2.24, 2.45) is 0 Å². The van der Waals surface area contributed by atoms with Gasteiger partial charge in [-0.3, -0.25) is 4.90 Å². The number of phenols is 1. The van der Waals surface area contributed by atoms with Crippen LogP contribution in [0, 0.1) is 11.3 Å². The highest BCUT2D eigenvalue weighted by Crippen LogP contribution is 2.41. The van der Waals surface area contributed by atoms with E-state index in [1.165, 1.54) is 18.2 Å². The summed E-state index contributed by atoms with van der Waals surface area (Å²) in [7, 11) is 0. The zero-order valence-corrected chi connectivity index (χ0v) is 16.2. The Morgan fingerprint density at radius 1 is 1.14 bits per heavy atom. The molecule has 0 amide bonds. The third kappa shape index (κ3) is 4.58. The minimum atomic E-state index is -4.76. The summed E-state index contributed by atoms with van der Waals surface area (Å²) in [6.07, 6.45) is -4.76. The first kappa shape index (κ1) is 20.5. The van der Waals surface area contributed by atoms with E-state index in [0.29, 0.717) is 28.7 Å². The molecule has 148 valence electrons. The zero-order valence-electron chi connectivity index (χ0n) is 14.6. The first-order chi connectivity index (χ1) is 13.3. The third-order valence-corrected chi connectivity index (χ3v) is 5.20. The SMILES string of the molecule is N#Cc1ccc(Br)c([C@@H](c2ccc(OC(F)(F)F)cc2)N2CCNCC2)c1O. The number of nitriles is 1. The predicted octanol–water partition coefficient (Wildman–Crippen LogP) is 3.92.